The molecule has 4 heteroatoms. The predicted octanol–water partition coefficient (Wildman–Crippen LogP) is 7.16. The van der Waals surface area contributed by atoms with E-state index in [1.165, 1.54) is 83.5 Å². The largest absolute Gasteiger partial charge is 0.356 e. The van der Waals surface area contributed by atoms with E-state index in [0.717, 1.165) is 45.1 Å². The van der Waals surface area contributed by atoms with Gasteiger partial charge in [0.2, 0.25) is 5.91 Å². The molecule has 1 heterocycles. The minimum atomic E-state index is 0.163. The van der Waals surface area contributed by atoms with Crippen LogP contribution in [0.4, 0.5) is 0 Å². The molecule has 1 aromatic rings. The summed E-state index contributed by atoms with van der Waals surface area (Å²) in [5.41, 5.74) is 0. The lowest BCUT2D eigenvalue weighted by atomic mass is 10.1. The van der Waals surface area contributed by atoms with Gasteiger partial charge in [0.1, 0.15) is 18.4 Å². The third kappa shape index (κ3) is 21.2. The number of imidazole rings is 1. The summed E-state index contributed by atoms with van der Waals surface area (Å²) in [5, 5.41) is 3.01. The molecule has 0 aliphatic carbocycles. The molecule has 4 nitrogen and oxygen atoms in total. The van der Waals surface area contributed by atoms with Crippen molar-refractivity contribution < 1.29 is 9.36 Å². The number of rotatable bonds is 22. The van der Waals surface area contributed by atoms with E-state index in [1.807, 2.05) is 23.3 Å². The lowest BCUT2D eigenvalue weighted by molar-refractivity contribution is -0.582. The van der Waals surface area contributed by atoms with Crippen LogP contribution in [0.25, 0.3) is 0 Å². The van der Waals surface area contributed by atoms with E-state index in [9.17, 15) is 4.79 Å². The molecule has 0 aliphatic heterocycles. The van der Waals surface area contributed by atoms with Crippen LogP contribution in [0.15, 0.2) is 18.7 Å². The molecule has 0 saturated carbocycles. The van der Waals surface area contributed by atoms with Crippen LogP contribution >= 0.6 is 0 Å². The van der Waals surface area contributed by atoms with Crippen LogP contribution < -0.4 is 9.88 Å². The summed E-state index contributed by atoms with van der Waals surface area (Å²) in [6.07, 6.45) is 35.0. The number of hydrogen-bond acceptors (Lipinski definition) is 1. The van der Waals surface area contributed by atoms with Gasteiger partial charge in [0.05, 0.1) is 6.54 Å². The summed E-state index contributed by atoms with van der Waals surface area (Å²) in [5.74, 6) is 12.6. The summed E-state index contributed by atoms with van der Waals surface area (Å²) >= 11 is 0. The maximum absolute atomic E-state index is 11.9. The van der Waals surface area contributed by atoms with E-state index in [0.29, 0.717) is 13.0 Å². The van der Waals surface area contributed by atoms with Crippen molar-refractivity contribution in [1.82, 2.24) is 9.88 Å². The van der Waals surface area contributed by atoms with Crippen LogP contribution in [0, 0.1) is 36.1 Å². The molecule has 1 amide bonds. The van der Waals surface area contributed by atoms with Crippen molar-refractivity contribution in [2.75, 3.05) is 6.54 Å². The third-order valence-electron chi connectivity index (χ3n) is 6.61. The Kier molecular flexibility index (Phi) is 21.9. The van der Waals surface area contributed by atoms with Crippen LogP contribution in [0.3, 0.4) is 0 Å². The van der Waals surface area contributed by atoms with Crippen molar-refractivity contribution >= 4 is 5.91 Å². The number of nitrogens with zero attached hydrogens (tertiary/aromatic N) is 2. The Balaban J connectivity index is 1.81. The topological polar surface area (TPSA) is 37.9 Å². The summed E-state index contributed by atoms with van der Waals surface area (Å²) in [4.78, 5) is 11.9. The van der Waals surface area contributed by atoms with E-state index in [1.54, 1.807) is 4.57 Å². The fourth-order valence-corrected chi connectivity index (χ4v) is 4.30. The first-order valence-electron chi connectivity index (χ1n) is 15.0. The van der Waals surface area contributed by atoms with Crippen molar-refractivity contribution in [2.24, 2.45) is 0 Å². The Morgan fingerprint density at radius 2 is 1.32 bits per heavy atom. The average Bonchev–Trinajstić information content (AvgIpc) is 3.37. The number of terminal acetylenes is 1. The van der Waals surface area contributed by atoms with Crippen LogP contribution in [-0.4, -0.2) is 17.0 Å². The summed E-state index contributed by atoms with van der Waals surface area (Å²) < 4.78 is 3.71. The van der Waals surface area contributed by atoms with E-state index < -0.39 is 0 Å². The SMILES string of the molecule is C#C[n+]1ccn(CCCNC(=O)CCCCCCCCC#CC#CCCCCCCCCCCCC)c1. The first kappa shape index (κ1) is 32.4. The number of amides is 1. The number of carbonyl (C=O) groups excluding carboxylic acids is 1. The van der Waals surface area contributed by atoms with Gasteiger partial charge in [-0.15, -0.1) is 0 Å². The molecule has 1 aromatic heterocycles. The number of unbranched alkanes of at least 4 members (excludes halogenated alkanes) is 16. The lowest BCUT2D eigenvalue weighted by Crippen LogP contribution is -2.25. The monoisotopic (exact) mass is 506 g/mol. The van der Waals surface area contributed by atoms with Crippen molar-refractivity contribution in [3.63, 3.8) is 0 Å². The van der Waals surface area contributed by atoms with E-state index in [4.69, 9.17) is 6.42 Å². The Bertz CT molecular complexity index is 856. The standard InChI is InChI=1S/C33H51N3O/c1-3-5-6-7-8-9-10-11-12-13-14-15-16-17-18-19-20-21-22-23-24-25-27-33(37)34-28-26-29-36-31-30-35(4-2)32-36/h2,30-32H,3,5-14,19-29H2,1H3/p+1. The van der Waals surface area contributed by atoms with Crippen molar-refractivity contribution in [1.29, 1.82) is 0 Å². The molecule has 0 unspecified atom stereocenters. The smallest absolute Gasteiger partial charge is 0.257 e. The number of nitrogens with one attached hydrogen (secondary N) is 1. The quantitative estimate of drug-likeness (QED) is 0.101. The van der Waals surface area contributed by atoms with E-state index in [-0.39, 0.29) is 5.91 Å². The van der Waals surface area contributed by atoms with Gasteiger partial charge in [-0.2, -0.15) is 4.57 Å². The Morgan fingerprint density at radius 1 is 0.784 bits per heavy atom. The number of aromatic nitrogens is 2. The molecule has 0 spiro atoms. The molecule has 1 rings (SSSR count). The highest BCUT2D eigenvalue weighted by Gasteiger charge is 2.03. The molecule has 0 saturated heterocycles. The molecular weight excluding hydrogens is 454 g/mol. The van der Waals surface area contributed by atoms with Crippen LogP contribution in [-0.2, 0) is 11.3 Å². The number of carbonyl (C=O) groups is 1. The molecule has 0 bridgehead atoms. The lowest BCUT2D eigenvalue weighted by Gasteiger charge is -2.04. The Morgan fingerprint density at radius 3 is 1.86 bits per heavy atom. The highest BCUT2D eigenvalue weighted by Crippen LogP contribution is 2.11. The number of aryl methyl sites for hydroxylation is 1. The second-order valence-electron chi connectivity index (χ2n) is 10.0. The van der Waals surface area contributed by atoms with Crippen molar-refractivity contribution in [3.05, 3.63) is 18.7 Å². The fraction of sp³-hybridized carbons (Fsp3) is 0.697. The van der Waals surface area contributed by atoms with Gasteiger partial charge >= 0.3 is 0 Å². The molecule has 0 atom stereocenters. The molecule has 0 aromatic carbocycles. The van der Waals surface area contributed by atoms with Gasteiger partial charge < -0.3 is 5.32 Å². The minimum absolute atomic E-state index is 0.163. The Hall–Kier alpha value is -2.64. The molecule has 1 N–H and O–H groups in total. The molecule has 204 valence electrons. The number of hydrogen-bond donors (Lipinski definition) is 1. The van der Waals surface area contributed by atoms with Gasteiger partial charge in [-0.05, 0) is 31.1 Å². The molecular formula is C33H52N3O+. The van der Waals surface area contributed by atoms with Crippen molar-refractivity contribution in [3.8, 4) is 36.1 Å². The second-order valence-corrected chi connectivity index (χ2v) is 10.0. The molecule has 0 aliphatic rings. The minimum Gasteiger partial charge on any atom is -0.356 e. The molecule has 0 fully saturated rings. The van der Waals surface area contributed by atoms with E-state index in [2.05, 4.69) is 42.0 Å². The fourth-order valence-electron chi connectivity index (χ4n) is 4.30. The van der Waals surface area contributed by atoms with Crippen LogP contribution in [0.5, 0.6) is 0 Å². The highest BCUT2D eigenvalue weighted by molar-refractivity contribution is 5.75. The van der Waals surface area contributed by atoms with Gasteiger partial charge in [0.25, 0.3) is 6.33 Å². The first-order valence-corrected chi connectivity index (χ1v) is 15.0. The van der Waals surface area contributed by atoms with Gasteiger partial charge in [-0.25, -0.2) is 4.57 Å². The van der Waals surface area contributed by atoms with Gasteiger partial charge in [-0.1, -0.05) is 109 Å². The second kappa shape index (κ2) is 25.0. The maximum Gasteiger partial charge on any atom is 0.257 e. The summed E-state index contributed by atoms with van der Waals surface area (Å²) in [6.45, 7) is 3.83. The van der Waals surface area contributed by atoms with Crippen LogP contribution in [0.2, 0.25) is 0 Å². The van der Waals surface area contributed by atoms with Crippen LogP contribution in [0.1, 0.15) is 135 Å². The third-order valence-corrected chi connectivity index (χ3v) is 6.61. The van der Waals surface area contributed by atoms with E-state index >= 15 is 0 Å². The first-order chi connectivity index (χ1) is 18.3. The van der Waals surface area contributed by atoms with Crippen molar-refractivity contribution in [2.45, 2.75) is 142 Å². The summed E-state index contributed by atoms with van der Waals surface area (Å²) in [7, 11) is 0. The highest BCUT2D eigenvalue weighted by atomic mass is 16.1. The Labute approximate surface area is 228 Å². The molecule has 0 radical (unpaired) electrons. The maximum atomic E-state index is 11.9. The molecule has 37 heavy (non-hydrogen) atoms. The summed E-state index contributed by atoms with van der Waals surface area (Å²) in [6, 6.07) is 2.54. The normalized spacial score (nSPS) is 10.2. The zero-order valence-electron chi connectivity index (χ0n) is 23.7. The van der Waals surface area contributed by atoms with Gasteiger partial charge in [-0.3, -0.25) is 4.79 Å². The van der Waals surface area contributed by atoms with Gasteiger partial charge in [0, 0.05) is 32.2 Å². The van der Waals surface area contributed by atoms with Gasteiger partial charge in [0.15, 0.2) is 0 Å². The predicted molar refractivity (Wildman–Crippen MR) is 155 cm³/mol. The zero-order valence-corrected chi connectivity index (χ0v) is 23.7. The zero-order chi connectivity index (χ0) is 26.7. The average molecular weight is 507 g/mol.